The minimum Gasteiger partial charge on any atom is -0.491 e. The molecule has 3 heteroatoms. The SMILES string of the molecule is O=[C]C1CCOc2ccccc2N1. The van der Waals surface area contributed by atoms with E-state index in [1.165, 1.54) is 0 Å². The smallest absolute Gasteiger partial charge is 0.222 e. The van der Waals surface area contributed by atoms with Gasteiger partial charge in [0.2, 0.25) is 6.29 Å². The first-order valence-corrected chi connectivity index (χ1v) is 4.26. The second kappa shape index (κ2) is 3.47. The molecule has 1 unspecified atom stereocenters. The van der Waals surface area contributed by atoms with Gasteiger partial charge in [-0.15, -0.1) is 0 Å². The van der Waals surface area contributed by atoms with Gasteiger partial charge in [-0.25, -0.2) is 0 Å². The van der Waals surface area contributed by atoms with Crippen molar-refractivity contribution in [3.8, 4) is 5.75 Å². The lowest BCUT2D eigenvalue weighted by molar-refractivity contribution is 0.318. The average molecular weight is 176 g/mol. The maximum atomic E-state index is 10.5. The molecule has 67 valence electrons. The molecular formula is C10H10NO2. The molecule has 13 heavy (non-hydrogen) atoms. The molecule has 0 saturated carbocycles. The van der Waals surface area contributed by atoms with E-state index in [4.69, 9.17) is 4.74 Å². The molecule has 0 amide bonds. The van der Waals surface area contributed by atoms with Gasteiger partial charge < -0.3 is 10.1 Å². The number of hydrogen-bond donors (Lipinski definition) is 1. The Kier molecular flexibility index (Phi) is 2.17. The number of hydrogen-bond acceptors (Lipinski definition) is 3. The van der Waals surface area contributed by atoms with E-state index in [2.05, 4.69) is 5.32 Å². The third-order valence-electron chi connectivity index (χ3n) is 2.02. The molecule has 1 aromatic carbocycles. The number of ether oxygens (including phenoxy) is 1. The van der Waals surface area contributed by atoms with E-state index in [0.29, 0.717) is 13.0 Å². The van der Waals surface area contributed by atoms with Gasteiger partial charge in [-0.3, -0.25) is 4.79 Å². The first-order valence-electron chi connectivity index (χ1n) is 4.26. The summed E-state index contributed by atoms with van der Waals surface area (Å²) in [5, 5.41) is 3.06. The molecule has 1 aliphatic rings. The van der Waals surface area contributed by atoms with E-state index < -0.39 is 0 Å². The first kappa shape index (κ1) is 8.10. The van der Waals surface area contributed by atoms with Crippen molar-refractivity contribution < 1.29 is 9.53 Å². The summed E-state index contributed by atoms with van der Waals surface area (Å²) in [7, 11) is 0. The summed E-state index contributed by atoms with van der Waals surface area (Å²) in [6.45, 7) is 0.559. The van der Waals surface area contributed by atoms with Crippen LogP contribution in [0.2, 0.25) is 0 Å². The predicted molar refractivity (Wildman–Crippen MR) is 49.7 cm³/mol. The van der Waals surface area contributed by atoms with Crippen LogP contribution in [-0.2, 0) is 4.79 Å². The Morgan fingerprint density at radius 2 is 2.31 bits per heavy atom. The largest absolute Gasteiger partial charge is 0.491 e. The number of carbonyl (C=O) groups excluding carboxylic acids is 1. The van der Waals surface area contributed by atoms with Crippen molar-refractivity contribution >= 4 is 12.0 Å². The van der Waals surface area contributed by atoms with Gasteiger partial charge in [0.25, 0.3) is 0 Å². The highest BCUT2D eigenvalue weighted by molar-refractivity contribution is 5.68. The Labute approximate surface area is 76.7 Å². The fourth-order valence-electron chi connectivity index (χ4n) is 1.35. The maximum absolute atomic E-state index is 10.5. The number of para-hydroxylation sites is 2. The van der Waals surface area contributed by atoms with Gasteiger partial charge in [0.1, 0.15) is 5.75 Å². The zero-order valence-corrected chi connectivity index (χ0v) is 7.12. The predicted octanol–water partition coefficient (Wildman–Crippen LogP) is 1.36. The van der Waals surface area contributed by atoms with Gasteiger partial charge in [-0.2, -0.15) is 0 Å². The molecule has 0 saturated heterocycles. The molecular weight excluding hydrogens is 166 g/mol. The molecule has 0 spiro atoms. The zero-order valence-electron chi connectivity index (χ0n) is 7.12. The van der Waals surface area contributed by atoms with Crippen LogP contribution in [-0.4, -0.2) is 18.9 Å². The van der Waals surface area contributed by atoms with Crippen LogP contribution in [0.4, 0.5) is 5.69 Å². The summed E-state index contributed by atoms with van der Waals surface area (Å²) >= 11 is 0. The lowest BCUT2D eigenvalue weighted by atomic mass is 10.2. The van der Waals surface area contributed by atoms with Crippen LogP contribution >= 0.6 is 0 Å². The van der Waals surface area contributed by atoms with Gasteiger partial charge in [0.15, 0.2) is 0 Å². The van der Waals surface area contributed by atoms with Gasteiger partial charge in [0.05, 0.1) is 18.3 Å². The highest BCUT2D eigenvalue weighted by Crippen LogP contribution is 2.26. The van der Waals surface area contributed by atoms with Crippen molar-refractivity contribution in [2.45, 2.75) is 12.5 Å². The molecule has 1 atom stereocenters. The molecule has 1 aromatic rings. The summed E-state index contributed by atoms with van der Waals surface area (Å²) < 4.78 is 5.44. The van der Waals surface area contributed by atoms with Crippen LogP contribution in [0.25, 0.3) is 0 Å². The van der Waals surface area contributed by atoms with Crippen LogP contribution in [0.15, 0.2) is 24.3 Å². The summed E-state index contributed by atoms with van der Waals surface area (Å²) in [5.41, 5.74) is 0.869. The first-order chi connectivity index (χ1) is 6.40. The third-order valence-corrected chi connectivity index (χ3v) is 2.02. The van der Waals surface area contributed by atoms with E-state index in [-0.39, 0.29) is 6.04 Å². The van der Waals surface area contributed by atoms with Crippen LogP contribution in [0, 0.1) is 0 Å². The Morgan fingerprint density at radius 1 is 1.46 bits per heavy atom. The molecule has 0 bridgehead atoms. The fraction of sp³-hybridized carbons (Fsp3) is 0.300. The molecule has 1 aliphatic heterocycles. The summed E-state index contributed by atoms with van der Waals surface area (Å²) in [5.74, 6) is 0.806. The summed E-state index contributed by atoms with van der Waals surface area (Å²) in [6, 6.07) is 7.34. The number of rotatable bonds is 1. The quantitative estimate of drug-likeness (QED) is 0.702. The van der Waals surface area contributed by atoms with Crippen LogP contribution < -0.4 is 10.1 Å². The Balaban J connectivity index is 2.28. The van der Waals surface area contributed by atoms with Crippen molar-refractivity contribution in [3.05, 3.63) is 24.3 Å². The number of benzene rings is 1. The maximum Gasteiger partial charge on any atom is 0.222 e. The van der Waals surface area contributed by atoms with E-state index in [1.807, 2.05) is 30.6 Å². The van der Waals surface area contributed by atoms with Gasteiger partial charge in [-0.05, 0) is 12.1 Å². The monoisotopic (exact) mass is 176 g/mol. The molecule has 0 aromatic heterocycles. The minimum absolute atomic E-state index is 0.247. The Bertz CT molecular complexity index is 312. The molecule has 2 rings (SSSR count). The lowest BCUT2D eigenvalue weighted by Gasteiger charge is -2.08. The van der Waals surface area contributed by atoms with Gasteiger partial charge in [-0.1, -0.05) is 12.1 Å². The van der Waals surface area contributed by atoms with E-state index in [9.17, 15) is 4.79 Å². The van der Waals surface area contributed by atoms with E-state index in [1.54, 1.807) is 0 Å². The zero-order chi connectivity index (χ0) is 9.10. The molecule has 0 aliphatic carbocycles. The van der Waals surface area contributed by atoms with Crippen LogP contribution in [0.1, 0.15) is 6.42 Å². The normalized spacial score (nSPS) is 20.5. The van der Waals surface area contributed by atoms with E-state index in [0.717, 1.165) is 11.4 Å². The lowest BCUT2D eigenvalue weighted by Crippen LogP contribution is -2.20. The second-order valence-electron chi connectivity index (χ2n) is 2.95. The highest BCUT2D eigenvalue weighted by Gasteiger charge is 2.15. The Morgan fingerprint density at radius 3 is 3.15 bits per heavy atom. The number of anilines is 1. The number of fused-ring (bicyclic) bond motifs is 1. The molecule has 1 radical (unpaired) electrons. The highest BCUT2D eigenvalue weighted by atomic mass is 16.5. The van der Waals surface area contributed by atoms with Crippen molar-refractivity contribution in [2.24, 2.45) is 0 Å². The third kappa shape index (κ3) is 1.64. The van der Waals surface area contributed by atoms with E-state index >= 15 is 0 Å². The van der Waals surface area contributed by atoms with Crippen molar-refractivity contribution in [2.75, 3.05) is 11.9 Å². The second-order valence-corrected chi connectivity index (χ2v) is 2.95. The van der Waals surface area contributed by atoms with Crippen molar-refractivity contribution in [1.82, 2.24) is 0 Å². The number of nitrogens with one attached hydrogen (secondary N) is 1. The van der Waals surface area contributed by atoms with Gasteiger partial charge >= 0.3 is 0 Å². The minimum atomic E-state index is -0.247. The Hall–Kier alpha value is -1.51. The van der Waals surface area contributed by atoms with Crippen LogP contribution in [0.5, 0.6) is 5.75 Å². The van der Waals surface area contributed by atoms with Crippen molar-refractivity contribution in [3.63, 3.8) is 0 Å². The molecule has 1 N–H and O–H groups in total. The topological polar surface area (TPSA) is 38.3 Å². The average Bonchev–Trinajstić information content (AvgIpc) is 2.38. The summed E-state index contributed by atoms with van der Waals surface area (Å²) in [4.78, 5) is 10.5. The van der Waals surface area contributed by atoms with Crippen LogP contribution in [0.3, 0.4) is 0 Å². The van der Waals surface area contributed by atoms with Crippen molar-refractivity contribution in [1.29, 1.82) is 0 Å². The summed E-state index contributed by atoms with van der Waals surface area (Å²) in [6.07, 6.45) is 2.61. The molecule has 3 nitrogen and oxygen atoms in total. The molecule has 1 heterocycles. The van der Waals surface area contributed by atoms with Gasteiger partial charge in [0, 0.05) is 6.42 Å². The standard InChI is InChI=1S/C10H10NO2/c12-7-8-5-6-13-10-4-2-1-3-9(10)11-8/h1-4,8,11H,5-6H2. The molecule has 0 fully saturated rings. The fourth-order valence-corrected chi connectivity index (χ4v) is 1.35.